The second kappa shape index (κ2) is 11.4. The Labute approximate surface area is 187 Å². The number of benzene rings is 1. The number of nitrogens with two attached hydrogens (primary N) is 1. The lowest BCUT2D eigenvalue weighted by Gasteiger charge is -2.37. The minimum atomic E-state index is -0.0229. The van der Waals surface area contributed by atoms with Crippen LogP contribution in [-0.4, -0.2) is 5.60 Å². The lowest BCUT2D eigenvalue weighted by Crippen LogP contribution is -2.36. The normalized spacial score (nSPS) is 20.7. The van der Waals surface area contributed by atoms with Gasteiger partial charge in [0.2, 0.25) is 0 Å². The van der Waals surface area contributed by atoms with Crippen molar-refractivity contribution in [3.63, 3.8) is 0 Å². The molecule has 0 amide bonds. The van der Waals surface area contributed by atoms with Gasteiger partial charge < -0.3 is 10.5 Å². The van der Waals surface area contributed by atoms with Crippen LogP contribution < -0.4 is 10.5 Å². The average molecular weight is 416 g/mol. The molecule has 1 aliphatic heterocycles. The molecule has 0 unspecified atom stereocenters. The van der Waals surface area contributed by atoms with Crippen LogP contribution in [0.5, 0.6) is 5.75 Å². The predicted octanol–water partition coefficient (Wildman–Crippen LogP) is 8.41. The molecule has 2 heteroatoms. The number of hydrogen-bond donors (Lipinski definition) is 1. The van der Waals surface area contributed by atoms with Crippen LogP contribution in [0.3, 0.4) is 0 Å². The zero-order valence-electron chi connectivity index (χ0n) is 21.1. The van der Waals surface area contributed by atoms with E-state index in [9.17, 15) is 0 Å². The minimum absolute atomic E-state index is 0.0229. The third-order valence-corrected chi connectivity index (χ3v) is 7.50. The number of aryl methyl sites for hydroxylation is 1. The van der Waals surface area contributed by atoms with E-state index in [0.717, 1.165) is 48.5 Å². The van der Waals surface area contributed by atoms with Crippen LogP contribution in [0.25, 0.3) is 0 Å². The smallest absolute Gasteiger partial charge is 0.126 e. The topological polar surface area (TPSA) is 35.2 Å². The van der Waals surface area contributed by atoms with E-state index in [2.05, 4.69) is 54.5 Å². The second-order valence-electron chi connectivity index (χ2n) is 11.1. The van der Waals surface area contributed by atoms with Crippen molar-refractivity contribution in [1.82, 2.24) is 0 Å². The summed E-state index contributed by atoms with van der Waals surface area (Å²) in [7, 11) is 0. The predicted molar refractivity (Wildman–Crippen MR) is 132 cm³/mol. The lowest BCUT2D eigenvalue weighted by molar-refractivity contribution is 0.0516. The fourth-order valence-corrected chi connectivity index (χ4v) is 4.99. The van der Waals surface area contributed by atoms with E-state index in [1.807, 2.05) is 0 Å². The van der Waals surface area contributed by atoms with Crippen molar-refractivity contribution in [3.8, 4) is 5.75 Å². The van der Waals surface area contributed by atoms with Crippen LogP contribution in [0.4, 0.5) is 5.69 Å². The Balaban J connectivity index is 1.69. The molecule has 0 radical (unpaired) electrons. The number of fused-ring (bicyclic) bond motifs is 1. The Morgan fingerprint density at radius 1 is 0.900 bits per heavy atom. The molecule has 172 valence electrons. The maximum atomic E-state index is 6.58. The molecule has 0 fully saturated rings. The van der Waals surface area contributed by atoms with Crippen LogP contribution >= 0.6 is 0 Å². The molecule has 2 rings (SSSR count). The average Bonchev–Trinajstić information content (AvgIpc) is 2.67. The summed E-state index contributed by atoms with van der Waals surface area (Å²) in [6, 6.07) is 2.13. The van der Waals surface area contributed by atoms with E-state index >= 15 is 0 Å². The highest BCUT2D eigenvalue weighted by molar-refractivity contribution is 5.60. The third kappa shape index (κ3) is 7.50. The molecular formula is C28H49NO. The van der Waals surface area contributed by atoms with Gasteiger partial charge in [0.25, 0.3) is 0 Å². The van der Waals surface area contributed by atoms with E-state index in [1.165, 1.54) is 68.1 Å². The van der Waals surface area contributed by atoms with Gasteiger partial charge in [-0.3, -0.25) is 0 Å². The zero-order valence-corrected chi connectivity index (χ0v) is 21.1. The van der Waals surface area contributed by atoms with E-state index in [4.69, 9.17) is 10.5 Å². The molecular weight excluding hydrogens is 366 g/mol. The van der Waals surface area contributed by atoms with Crippen LogP contribution in [0.15, 0.2) is 6.07 Å². The largest absolute Gasteiger partial charge is 0.487 e. The summed E-state index contributed by atoms with van der Waals surface area (Å²) in [5.74, 6) is 3.68. The van der Waals surface area contributed by atoms with Gasteiger partial charge >= 0.3 is 0 Å². The first-order chi connectivity index (χ1) is 14.1. The molecule has 0 saturated carbocycles. The summed E-state index contributed by atoms with van der Waals surface area (Å²) in [4.78, 5) is 0. The summed E-state index contributed by atoms with van der Waals surface area (Å²) in [5, 5.41) is 0. The summed E-state index contributed by atoms with van der Waals surface area (Å²) < 4.78 is 6.58. The first kappa shape index (κ1) is 25.1. The highest BCUT2D eigenvalue weighted by atomic mass is 16.5. The molecule has 1 aromatic rings. The Kier molecular flexibility index (Phi) is 9.57. The molecule has 1 aliphatic rings. The summed E-state index contributed by atoms with van der Waals surface area (Å²) in [6.07, 6.45) is 14.3. The number of nitrogen functional groups attached to an aromatic ring is 1. The van der Waals surface area contributed by atoms with E-state index in [1.54, 1.807) is 0 Å². The van der Waals surface area contributed by atoms with Gasteiger partial charge in [-0.15, -0.1) is 0 Å². The molecule has 0 spiro atoms. The number of ether oxygens (including phenoxy) is 1. The van der Waals surface area contributed by atoms with Crippen molar-refractivity contribution in [2.24, 2.45) is 17.8 Å². The monoisotopic (exact) mass is 415 g/mol. The highest BCUT2D eigenvalue weighted by Crippen LogP contribution is 2.41. The van der Waals surface area contributed by atoms with Crippen molar-refractivity contribution >= 4 is 5.69 Å². The van der Waals surface area contributed by atoms with Gasteiger partial charge in [-0.05, 0) is 87.0 Å². The van der Waals surface area contributed by atoms with Gasteiger partial charge in [-0.25, -0.2) is 0 Å². The Morgan fingerprint density at radius 2 is 1.47 bits per heavy atom. The number of hydrogen-bond acceptors (Lipinski definition) is 2. The molecule has 3 atom stereocenters. The van der Waals surface area contributed by atoms with Gasteiger partial charge in [-0.2, -0.15) is 0 Å². The summed E-state index contributed by atoms with van der Waals surface area (Å²) in [5.41, 5.74) is 10.7. The molecule has 1 aromatic carbocycles. The fourth-order valence-electron chi connectivity index (χ4n) is 4.99. The Hall–Kier alpha value is -1.18. The van der Waals surface area contributed by atoms with Crippen molar-refractivity contribution in [1.29, 1.82) is 0 Å². The van der Waals surface area contributed by atoms with Crippen LogP contribution in [-0.2, 0) is 6.42 Å². The first-order valence-electron chi connectivity index (χ1n) is 12.7. The second-order valence-corrected chi connectivity index (χ2v) is 11.1. The van der Waals surface area contributed by atoms with Crippen molar-refractivity contribution in [2.45, 2.75) is 125 Å². The maximum absolute atomic E-state index is 6.58. The fraction of sp³-hybridized carbons (Fsp3) is 0.786. The van der Waals surface area contributed by atoms with Crippen LogP contribution in [0, 0.1) is 31.6 Å². The van der Waals surface area contributed by atoms with Gasteiger partial charge in [0, 0.05) is 5.69 Å². The van der Waals surface area contributed by atoms with Gasteiger partial charge in [0.1, 0.15) is 11.4 Å². The molecule has 0 aliphatic carbocycles. The van der Waals surface area contributed by atoms with E-state index < -0.39 is 0 Å². The lowest BCUT2D eigenvalue weighted by atomic mass is 9.85. The number of rotatable bonds is 12. The third-order valence-electron chi connectivity index (χ3n) is 7.50. The van der Waals surface area contributed by atoms with E-state index in [-0.39, 0.29) is 5.60 Å². The molecule has 2 N–H and O–H groups in total. The Morgan fingerprint density at radius 3 is 2.07 bits per heavy atom. The highest BCUT2D eigenvalue weighted by Gasteiger charge is 2.32. The molecule has 2 nitrogen and oxygen atoms in total. The molecule has 1 heterocycles. The first-order valence-corrected chi connectivity index (χ1v) is 12.7. The maximum Gasteiger partial charge on any atom is 0.126 e. The van der Waals surface area contributed by atoms with Crippen LogP contribution in [0.2, 0.25) is 0 Å². The van der Waals surface area contributed by atoms with Crippen molar-refractivity contribution < 1.29 is 4.74 Å². The SMILES string of the molecule is Cc1c(N)cc2c(c1C)O[C@](C)(CCC[C@H](C)CCC[C@H](C)CCCC(C)C)CC2. The van der Waals surface area contributed by atoms with Gasteiger partial charge in [0.05, 0.1) is 0 Å². The van der Waals surface area contributed by atoms with Crippen LogP contribution in [0.1, 0.15) is 116 Å². The molecule has 0 saturated heterocycles. The van der Waals surface area contributed by atoms with Crippen molar-refractivity contribution in [3.05, 3.63) is 22.8 Å². The zero-order chi connectivity index (χ0) is 22.3. The molecule has 0 bridgehead atoms. The van der Waals surface area contributed by atoms with Crippen molar-refractivity contribution in [2.75, 3.05) is 5.73 Å². The molecule has 0 aromatic heterocycles. The number of anilines is 1. The summed E-state index contributed by atoms with van der Waals surface area (Å²) in [6.45, 7) is 16.1. The van der Waals surface area contributed by atoms with Gasteiger partial charge in [-0.1, -0.05) is 72.6 Å². The standard InChI is InChI=1S/C28H49NO/c1-20(2)11-8-12-21(3)13-9-14-22(4)15-10-17-28(7)18-16-25-19-26(29)23(5)24(6)27(25)30-28/h19-22H,8-18,29H2,1-7H3/t21-,22-,28-/m1/s1. The molecule has 30 heavy (non-hydrogen) atoms. The van der Waals surface area contributed by atoms with Gasteiger partial charge in [0.15, 0.2) is 0 Å². The van der Waals surface area contributed by atoms with E-state index in [0.29, 0.717) is 0 Å². The summed E-state index contributed by atoms with van der Waals surface area (Å²) >= 11 is 0. The quantitative estimate of drug-likeness (QED) is 0.348. The Bertz CT molecular complexity index is 665. The minimum Gasteiger partial charge on any atom is -0.487 e.